The van der Waals surface area contributed by atoms with Crippen LogP contribution >= 0.6 is 0 Å². The molecule has 0 heterocycles. The van der Waals surface area contributed by atoms with Crippen LogP contribution in [0.2, 0.25) is 0 Å². The Morgan fingerprint density at radius 2 is 1.73 bits per heavy atom. The Hall–Kier alpha value is -1.02. The van der Waals surface area contributed by atoms with Crippen molar-refractivity contribution in [2.45, 2.75) is 19.9 Å². The second-order valence-corrected chi connectivity index (χ2v) is 4.39. The van der Waals surface area contributed by atoms with E-state index in [-0.39, 0.29) is 0 Å². The first-order valence-corrected chi connectivity index (χ1v) is 5.37. The van der Waals surface area contributed by atoms with Crippen molar-refractivity contribution >= 4 is 0 Å². The number of benzene rings is 1. The van der Waals surface area contributed by atoms with E-state index >= 15 is 0 Å². The summed E-state index contributed by atoms with van der Waals surface area (Å²) in [6, 6.07) is 8.64. The highest BCUT2D eigenvalue weighted by molar-refractivity contribution is 5.36. The van der Waals surface area contributed by atoms with Gasteiger partial charge in [-0.3, -0.25) is 0 Å². The van der Waals surface area contributed by atoms with Crippen molar-refractivity contribution in [3.63, 3.8) is 0 Å². The average Bonchev–Trinajstić information content (AvgIpc) is 2.17. The van der Waals surface area contributed by atoms with Crippen molar-refractivity contribution in [2.75, 3.05) is 21.2 Å². The molecule has 0 saturated carbocycles. The Bertz CT molecular complexity index is 299. The number of para-hydroxylation sites is 1. The van der Waals surface area contributed by atoms with Crippen LogP contribution < -0.4 is 4.74 Å². The predicted octanol–water partition coefficient (Wildman–Crippen LogP) is 2.95. The molecule has 0 amide bonds. The zero-order valence-corrected chi connectivity index (χ0v) is 10.3. The topological polar surface area (TPSA) is 12.5 Å². The quantitative estimate of drug-likeness (QED) is 0.752. The highest BCUT2D eigenvalue weighted by Crippen LogP contribution is 2.32. The predicted molar refractivity (Wildman–Crippen MR) is 64.3 cm³/mol. The molecule has 15 heavy (non-hydrogen) atoms. The van der Waals surface area contributed by atoms with E-state index in [1.807, 2.05) is 12.1 Å². The lowest BCUT2D eigenvalue weighted by Gasteiger charge is -2.29. The normalized spacial score (nSPS) is 13.3. The molecule has 84 valence electrons. The molecule has 0 aromatic heterocycles. The van der Waals surface area contributed by atoms with E-state index < -0.39 is 0 Å². The number of nitrogens with zero attached hydrogens (tertiary/aromatic N) is 1. The van der Waals surface area contributed by atoms with Crippen LogP contribution in [0.1, 0.15) is 25.5 Å². The molecule has 0 bridgehead atoms. The summed E-state index contributed by atoms with van der Waals surface area (Å²) < 4.78 is 5.40. The van der Waals surface area contributed by atoms with Gasteiger partial charge in [-0.1, -0.05) is 32.0 Å². The van der Waals surface area contributed by atoms with Gasteiger partial charge in [0.25, 0.3) is 0 Å². The first-order chi connectivity index (χ1) is 7.07. The Balaban J connectivity index is 3.10. The molecule has 2 nitrogen and oxygen atoms in total. The van der Waals surface area contributed by atoms with E-state index in [9.17, 15) is 0 Å². The Morgan fingerprint density at radius 3 is 2.20 bits per heavy atom. The van der Waals surface area contributed by atoms with Crippen molar-refractivity contribution in [3.8, 4) is 5.75 Å². The molecule has 0 aliphatic carbocycles. The van der Waals surface area contributed by atoms with Crippen molar-refractivity contribution in [3.05, 3.63) is 29.8 Å². The van der Waals surface area contributed by atoms with Crippen molar-refractivity contribution in [2.24, 2.45) is 5.92 Å². The lowest BCUT2D eigenvalue weighted by atomic mass is 9.94. The van der Waals surface area contributed by atoms with E-state index in [1.165, 1.54) is 5.56 Å². The molecule has 1 aromatic carbocycles. The Kier molecular flexibility index (Phi) is 4.15. The summed E-state index contributed by atoms with van der Waals surface area (Å²) in [5, 5.41) is 0. The zero-order chi connectivity index (χ0) is 11.4. The molecule has 1 unspecified atom stereocenters. The molecule has 0 spiro atoms. The van der Waals surface area contributed by atoms with Gasteiger partial charge in [0.15, 0.2) is 0 Å². The third-order valence-electron chi connectivity index (χ3n) is 2.65. The molecule has 1 aromatic rings. The van der Waals surface area contributed by atoms with Gasteiger partial charge in [0, 0.05) is 11.6 Å². The first kappa shape index (κ1) is 12.1. The fraction of sp³-hybridized carbons (Fsp3) is 0.538. The van der Waals surface area contributed by atoms with Crippen LogP contribution in [0.3, 0.4) is 0 Å². The minimum Gasteiger partial charge on any atom is -0.496 e. The smallest absolute Gasteiger partial charge is 0.123 e. The van der Waals surface area contributed by atoms with Crippen LogP contribution in [-0.4, -0.2) is 26.1 Å². The summed E-state index contributed by atoms with van der Waals surface area (Å²) in [7, 11) is 5.94. The maximum absolute atomic E-state index is 5.40. The summed E-state index contributed by atoms with van der Waals surface area (Å²) in [5.41, 5.74) is 1.26. The van der Waals surface area contributed by atoms with Gasteiger partial charge in [0.2, 0.25) is 0 Å². The van der Waals surface area contributed by atoms with Crippen LogP contribution in [0.25, 0.3) is 0 Å². The van der Waals surface area contributed by atoms with Gasteiger partial charge in [-0.15, -0.1) is 0 Å². The van der Waals surface area contributed by atoms with E-state index in [1.54, 1.807) is 7.11 Å². The lowest BCUT2D eigenvalue weighted by molar-refractivity contribution is 0.229. The van der Waals surface area contributed by atoms with Crippen molar-refractivity contribution in [1.82, 2.24) is 4.90 Å². The average molecular weight is 207 g/mol. The van der Waals surface area contributed by atoms with Crippen LogP contribution in [0.15, 0.2) is 24.3 Å². The van der Waals surface area contributed by atoms with Gasteiger partial charge < -0.3 is 9.64 Å². The largest absolute Gasteiger partial charge is 0.496 e. The Morgan fingerprint density at radius 1 is 1.13 bits per heavy atom. The third kappa shape index (κ3) is 2.72. The van der Waals surface area contributed by atoms with Crippen LogP contribution in [-0.2, 0) is 0 Å². The van der Waals surface area contributed by atoms with Crippen LogP contribution in [0, 0.1) is 5.92 Å². The standard InChI is InChI=1S/C13H21NO/c1-10(2)13(14(3)4)11-8-6-7-9-12(11)15-5/h6-10,13H,1-5H3. The highest BCUT2D eigenvalue weighted by Gasteiger charge is 2.20. The molecule has 0 saturated heterocycles. The number of hydrogen-bond donors (Lipinski definition) is 0. The fourth-order valence-electron chi connectivity index (χ4n) is 2.14. The molecule has 0 N–H and O–H groups in total. The summed E-state index contributed by atoms with van der Waals surface area (Å²) in [4.78, 5) is 2.24. The first-order valence-electron chi connectivity index (χ1n) is 5.37. The van der Waals surface area contributed by atoms with Gasteiger partial charge in [0.1, 0.15) is 5.75 Å². The van der Waals surface area contributed by atoms with Crippen molar-refractivity contribution < 1.29 is 4.74 Å². The molecule has 1 rings (SSSR count). The van der Waals surface area contributed by atoms with E-state index in [2.05, 4.69) is 45.0 Å². The monoisotopic (exact) mass is 207 g/mol. The molecule has 0 radical (unpaired) electrons. The van der Waals surface area contributed by atoms with Gasteiger partial charge in [-0.25, -0.2) is 0 Å². The van der Waals surface area contributed by atoms with Gasteiger partial charge in [-0.2, -0.15) is 0 Å². The minimum atomic E-state index is 0.404. The van der Waals surface area contributed by atoms with E-state index in [0.29, 0.717) is 12.0 Å². The molecule has 0 aliphatic rings. The molecular weight excluding hydrogens is 186 g/mol. The second-order valence-electron chi connectivity index (χ2n) is 4.39. The number of hydrogen-bond acceptors (Lipinski definition) is 2. The maximum atomic E-state index is 5.40. The van der Waals surface area contributed by atoms with Gasteiger partial charge in [0.05, 0.1) is 7.11 Å². The summed E-state index contributed by atoms with van der Waals surface area (Å²) in [5.74, 6) is 1.54. The number of ether oxygens (including phenoxy) is 1. The van der Waals surface area contributed by atoms with Crippen LogP contribution in [0.5, 0.6) is 5.75 Å². The SMILES string of the molecule is COc1ccccc1C(C(C)C)N(C)C. The molecule has 0 fully saturated rings. The number of methoxy groups -OCH3 is 1. The summed E-state index contributed by atoms with van der Waals surface area (Å²) in [6.45, 7) is 4.47. The lowest BCUT2D eigenvalue weighted by Crippen LogP contribution is -2.25. The van der Waals surface area contributed by atoms with Crippen molar-refractivity contribution in [1.29, 1.82) is 0 Å². The van der Waals surface area contributed by atoms with E-state index in [0.717, 1.165) is 5.75 Å². The molecule has 2 heteroatoms. The second kappa shape index (κ2) is 5.17. The minimum absolute atomic E-state index is 0.404. The van der Waals surface area contributed by atoms with Crippen LogP contribution in [0.4, 0.5) is 0 Å². The van der Waals surface area contributed by atoms with Gasteiger partial charge >= 0.3 is 0 Å². The molecule has 1 atom stereocenters. The third-order valence-corrected chi connectivity index (χ3v) is 2.65. The maximum Gasteiger partial charge on any atom is 0.123 e. The molecular formula is C13H21NO. The highest BCUT2D eigenvalue weighted by atomic mass is 16.5. The summed E-state index contributed by atoms with van der Waals surface area (Å²) in [6.07, 6.45) is 0. The Labute approximate surface area is 92.9 Å². The summed E-state index contributed by atoms with van der Waals surface area (Å²) >= 11 is 0. The molecule has 0 aliphatic heterocycles. The zero-order valence-electron chi connectivity index (χ0n) is 10.3. The van der Waals surface area contributed by atoms with E-state index in [4.69, 9.17) is 4.74 Å². The number of rotatable bonds is 4. The van der Waals surface area contributed by atoms with Gasteiger partial charge in [-0.05, 0) is 26.1 Å². The fourth-order valence-corrected chi connectivity index (χ4v) is 2.14.